The van der Waals surface area contributed by atoms with Crippen molar-refractivity contribution in [1.29, 1.82) is 0 Å². The van der Waals surface area contributed by atoms with Gasteiger partial charge in [0.05, 0.1) is 17.5 Å². The third-order valence-corrected chi connectivity index (χ3v) is 7.68. The molecule has 2 aromatic carbocycles. The smallest absolute Gasteiger partial charge is 0.255 e. The van der Waals surface area contributed by atoms with Crippen LogP contribution in [-0.4, -0.2) is 17.7 Å². The number of aryl methyl sites for hydroxylation is 1. The molecule has 5 nitrogen and oxygen atoms in total. The summed E-state index contributed by atoms with van der Waals surface area (Å²) >= 11 is 0. The minimum Gasteiger partial charge on any atom is -0.322 e. The standard InChI is InChI=1S/C26H24N2O3/c1-2-14-6-3-4-9-21(14)27-24(29)15-7-5-8-16(12-15)28-25(30)22-17-10-11-18(20-13-19(17)20)23(22)26(28)31/h3-12,17-20,22-23H,2,13H2,1H3,(H,27,29)/t17-,18-,19-,20-,22-,23+/m0/s1. The second kappa shape index (κ2) is 6.64. The van der Waals surface area contributed by atoms with E-state index in [9.17, 15) is 14.4 Å². The van der Waals surface area contributed by atoms with Crippen molar-refractivity contribution in [2.24, 2.45) is 35.5 Å². The van der Waals surface area contributed by atoms with Crippen molar-refractivity contribution in [1.82, 2.24) is 0 Å². The van der Waals surface area contributed by atoms with E-state index in [2.05, 4.69) is 17.5 Å². The zero-order valence-electron chi connectivity index (χ0n) is 17.3. The van der Waals surface area contributed by atoms with Crippen LogP contribution in [0.2, 0.25) is 0 Å². The molecule has 5 aliphatic rings. The van der Waals surface area contributed by atoms with Crippen molar-refractivity contribution in [3.63, 3.8) is 0 Å². The Balaban J connectivity index is 1.29. The van der Waals surface area contributed by atoms with E-state index >= 15 is 0 Å². The predicted octanol–water partition coefficient (Wildman–Crippen LogP) is 4.06. The fourth-order valence-electron chi connectivity index (χ4n) is 6.14. The van der Waals surface area contributed by atoms with Crippen LogP contribution in [0.5, 0.6) is 0 Å². The lowest BCUT2D eigenvalue weighted by atomic mass is 9.63. The molecule has 3 amide bonds. The van der Waals surface area contributed by atoms with Crippen LogP contribution in [0.4, 0.5) is 11.4 Å². The van der Waals surface area contributed by atoms with E-state index in [0.29, 0.717) is 23.1 Å². The first-order chi connectivity index (χ1) is 15.1. The number of benzene rings is 2. The van der Waals surface area contributed by atoms with Crippen LogP contribution < -0.4 is 10.2 Å². The van der Waals surface area contributed by atoms with Gasteiger partial charge in [-0.3, -0.25) is 14.4 Å². The third-order valence-electron chi connectivity index (χ3n) is 7.68. The Hall–Kier alpha value is -3.21. The number of amides is 3. The maximum absolute atomic E-state index is 13.3. The summed E-state index contributed by atoms with van der Waals surface area (Å²) in [4.78, 5) is 40.9. The molecule has 4 aliphatic carbocycles. The summed E-state index contributed by atoms with van der Waals surface area (Å²) < 4.78 is 0. The second-order valence-corrected chi connectivity index (χ2v) is 9.18. The first-order valence-electron chi connectivity index (χ1n) is 11.1. The molecule has 1 heterocycles. The van der Waals surface area contributed by atoms with Gasteiger partial charge >= 0.3 is 0 Å². The summed E-state index contributed by atoms with van der Waals surface area (Å²) in [5.74, 6) is 0.606. The van der Waals surface area contributed by atoms with E-state index in [1.165, 1.54) is 4.90 Å². The Kier molecular flexibility index (Phi) is 3.98. The summed E-state index contributed by atoms with van der Waals surface area (Å²) in [5, 5.41) is 2.97. The molecule has 0 aromatic heterocycles. The lowest BCUT2D eigenvalue weighted by Crippen LogP contribution is -2.40. The zero-order chi connectivity index (χ0) is 21.3. The number of hydrogen-bond acceptors (Lipinski definition) is 3. The van der Waals surface area contributed by atoms with Crippen LogP contribution in [0, 0.1) is 35.5 Å². The molecule has 1 N–H and O–H groups in total. The monoisotopic (exact) mass is 412 g/mol. The van der Waals surface area contributed by atoms with Crippen molar-refractivity contribution >= 4 is 29.1 Å². The van der Waals surface area contributed by atoms with E-state index in [1.54, 1.807) is 24.3 Å². The van der Waals surface area contributed by atoms with Crippen molar-refractivity contribution in [3.05, 3.63) is 71.8 Å². The van der Waals surface area contributed by atoms with Crippen LogP contribution in [0.1, 0.15) is 29.3 Å². The summed E-state index contributed by atoms with van der Waals surface area (Å²) in [6.45, 7) is 2.04. The molecule has 31 heavy (non-hydrogen) atoms. The molecule has 1 saturated heterocycles. The molecule has 2 aromatic rings. The van der Waals surface area contributed by atoms with Crippen LogP contribution in [0.25, 0.3) is 0 Å². The van der Waals surface area contributed by atoms with E-state index in [0.717, 1.165) is 24.1 Å². The van der Waals surface area contributed by atoms with Gasteiger partial charge in [0.1, 0.15) is 0 Å². The minimum atomic E-state index is -0.248. The lowest BCUT2D eigenvalue weighted by molar-refractivity contribution is -0.124. The number of nitrogens with one attached hydrogen (secondary N) is 1. The van der Waals surface area contributed by atoms with Gasteiger partial charge in [-0.25, -0.2) is 4.90 Å². The molecular weight excluding hydrogens is 388 g/mol. The van der Waals surface area contributed by atoms with Gasteiger partial charge in [0.2, 0.25) is 11.8 Å². The number of anilines is 2. The van der Waals surface area contributed by atoms with Crippen LogP contribution in [0.15, 0.2) is 60.7 Å². The first kappa shape index (κ1) is 18.6. The second-order valence-electron chi connectivity index (χ2n) is 9.18. The molecule has 7 rings (SSSR count). The Labute approximate surface area is 181 Å². The SMILES string of the molecule is CCc1ccccc1NC(=O)c1cccc(N2C(=O)[C@@H]3[C@H]4C=C[C@@H]([C@@H]5C[C@@H]45)[C@@H]3C2=O)c1. The molecule has 0 radical (unpaired) electrons. The van der Waals surface area contributed by atoms with Crippen molar-refractivity contribution < 1.29 is 14.4 Å². The molecule has 2 bridgehead atoms. The number of para-hydroxylation sites is 1. The van der Waals surface area contributed by atoms with Gasteiger partial charge in [-0.05, 0) is 66.3 Å². The van der Waals surface area contributed by atoms with Gasteiger partial charge in [0, 0.05) is 11.3 Å². The molecule has 3 fully saturated rings. The average Bonchev–Trinajstić information content (AvgIpc) is 3.57. The highest BCUT2D eigenvalue weighted by molar-refractivity contribution is 6.23. The Morgan fingerprint density at radius 2 is 1.65 bits per heavy atom. The van der Waals surface area contributed by atoms with Crippen LogP contribution >= 0.6 is 0 Å². The number of imide groups is 1. The highest BCUT2D eigenvalue weighted by Crippen LogP contribution is 2.65. The predicted molar refractivity (Wildman–Crippen MR) is 117 cm³/mol. The first-order valence-corrected chi connectivity index (χ1v) is 11.1. The molecule has 0 spiro atoms. The largest absolute Gasteiger partial charge is 0.322 e. The number of carbonyl (C=O) groups is 3. The Bertz CT molecular complexity index is 1120. The highest BCUT2D eigenvalue weighted by atomic mass is 16.2. The van der Waals surface area contributed by atoms with Crippen LogP contribution in [0.3, 0.4) is 0 Å². The lowest BCUT2D eigenvalue weighted by Gasteiger charge is -2.37. The summed E-state index contributed by atoms with van der Waals surface area (Å²) in [5.41, 5.74) is 2.76. The Morgan fingerprint density at radius 1 is 0.968 bits per heavy atom. The highest BCUT2D eigenvalue weighted by Gasteiger charge is 2.67. The maximum Gasteiger partial charge on any atom is 0.255 e. The van der Waals surface area contributed by atoms with Gasteiger partial charge in [-0.15, -0.1) is 0 Å². The zero-order valence-corrected chi connectivity index (χ0v) is 17.3. The summed E-state index contributed by atoms with van der Waals surface area (Å²) in [7, 11) is 0. The van der Waals surface area contributed by atoms with E-state index in [-0.39, 0.29) is 41.4 Å². The molecule has 6 atom stereocenters. The molecule has 0 unspecified atom stereocenters. The topological polar surface area (TPSA) is 66.5 Å². The molecular formula is C26H24N2O3. The van der Waals surface area contributed by atoms with E-state index in [4.69, 9.17) is 0 Å². The molecule has 2 saturated carbocycles. The van der Waals surface area contributed by atoms with Gasteiger partial charge in [0.25, 0.3) is 5.91 Å². The normalized spacial score (nSPS) is 32.1. The van der Waals surface area contributed by atoms with Crippen molar-refractivity contribution in [2.75, 3.05) is 10.2 Å². The van der Waals surface area contributed by atoms with Crippen molar-refractivity contribution in [3.8, 4) is 0 Å². The van der Waals surface area contributed by atoms with Gasteiger partial charge < -0.3 is 5.32 Å². The molecule has 5 heteroatoms. The van der Waals surface area contributed by atoms with Gasteiger partial charge in [0.15, 0.2) is 0 Å². The number of nitrogens with zero attached hydrogens (tertiary/aromatic N) is 1. The number of rotatable bonds is 4. The van der Waals surface area contributed by atoms with E-state index in [1.807, 2.05) is 31.2 Å². The maximum atomic E-state index is 13.3. The number of carbonyl (C=O) groups excluding carboxylic acids is 3. The number of hydrogen-bond donors (Lipinski definition) is 1. The Morgan fingerprint density at radius 3 is 2.32 bits per heavy atom. The molecule has 1 aliphatic heterocycles. The van der Waals surface area contributed by atoms with E-state index < -0.39 is 0 Å². The third kappa shape index (κ3) is 2.65. The quantitative estimate of drug-likeness (QED) is 0.608. The minimum absolute atomic E-state index is 0.103. The van der Waals surface area contributed by atoms with Crippen LogP contribution in [-0.2, 0) is 16.0 Å². The van der Waals surface area contributed by atoms with Gasteiger partial charge in [-0.2, -0.15) is 0 Å². The average molecular weight is 412 g/mol. The number of allylic oxidation sites excluding steroid dienone is 2. The summed E-state index contributed by atoms with van der Waals surface area (Å²) in [6, 6.07) is 14.6. The summed E-state index contributed by atoms with van der Waals surface area (Å²) in [6.07, 6.45) is 6.30. The van der Waals surface area contributed by atoms with Gasteiger partial charge in [-0.1, -0.05) is 43.3 Å². The fraction of sp³-hybridized carbons (Fsp3) is 0.346. The van der Waals surface area contributed by atoms with Crippen molar-refractivity contribution in [2.45, 2.75) is 19.8 Å². The molecule has 156 valence electrons. The fourth-order valence-corrected chi connectivity index (χ4v) is 6.14.